The molecule has 2 aliphatic heterocycles. The average molecular weight is 1400 g/mol. The summed E-state index contributed by atoms with van der Waals surface area (Å²) in [6.07, 6.45) is 1.02. The maximum atomic E-state index is 13.8. The van der Waals surface area contributed by atoms with Crippen LogP contribution in [0.3, 0.4) is 0 Å². The molecule has 2 heterocycles. The molecule has 0 spiro atoms. The van der Waals surface area contributed by atoms with E-state index in [0.29, 0.717) is 24.2 Å². The number of β-lactam (4-membered cyclic amide) rings is 2. The number of hydrogen-bond acceptors (Lipinski definition) is 7. The van der Waals surface area contributed by atoms with Crippen molar-refractivity contribution in [1.82, 2.24) is 0 Å². The largest absolute Gasteiger partial charge is 0.544 e. The predicted octanol–water partition coefficient (Wildman–Crippen LogP) is 20.5. The van der Waals surface area contributed by atoms with Crippen molar-refractivity contribution in [1.29, 1.82) is 0 Å². The molecule has 6 aromatic carbocycles. The highest BCUT2D eigenvalue weighted by atomic mass is 127. The summed E-state index contributed by atoms with van der Waals surface area (Å²) in [5.74, 6) is 0.0718. The Morgan fingerprint density at radius 3 is 1.08 bits per heavy atom. The number of hydrogen-bond donors (Lipinski definition) is 1. The summed E-state index contributed by atoms with van der Waals surface area (Å²) >= 11 is 2.33. The molecule has 0 bridgehead atoms. The van der Waals surface area contributed by atoms with Gasteiger partial charge in [0.25, 0.3) is 0 Å². The monoisotopic (exact) mass is 1400 g/mol. The third kappa shape index (κ3) is 18.0. The maximum Gasteiger partial charge on any atom is 0.250 e. The molecule has 6 aromatic rings. The number of nitrogens with two attached hydrogens (primary N) is 1. The Hall–Kier alpha value is -4.94. The van der Waals surface area contributed by atoms with Gasteiger partial charge in [-0.05, 0) is 205 Å². The van der Waals surface area contributed by atoms with Gasteiger partial charge >= 0.3 is 0 Å². The molecular formula is C71H98F4IN3O6Si4. The summed E-state index contributed by atoms with van der Waals surface area (Å²) in [7, 11) is -7.87. The minimum atomic E-state index is -2.17. The van der Waals surface area contributed by atoms with Crippen LogP contribution in [0.15, 0.2) is 146 Å². The summed E-state index contributed by atoms with van der Waals surface area (Å²) in [6, 6.07) is 40.0. The summed E-state index contributed by atoms with van der Waals surface area (Å²) in [6.45, 7) is 44.3. The molecule has 0 radical (unpaired) electrons. The smallest absolute Gasteiger partial charge is 0.250 e. The second kappa shape index (κ2) is 28.5. The minimum absolute atomic E-state index is 0.00623. The first-order valence-electron chi connectivity index (χ1n) is 30.9. The number of rotatable bonds is 18. The Balaban J connectivity index is 0.000000237. The Kier molecular flexibility index (Phi) is 23.4. The molecule has 0 aliphatic carbocycles. The van der Waals surface area contributed by atoms with Crippen molar-refractivity contribution in [3.63, 3.8) is 0 Å². The van der Waals surface area contributed by atoms with Gasteiger partial charge in [0.2, 0.25) is 28.4 Å². The van der Waals surface area contributed by atoms with Crippen molar-refractivity contribution in [2.45, 2.75) is 199 Å². The molecule has 6 atom stereocenters. The Bertz CT molecular complexity index is 3290. The van der Waals surface area contributed by atoms with Crippen molar-refractivity contribution in [3.05, 3.63) is 191 Å². The second-order valence-electron chi connectivity index (χ2n) is 29.8. The van der Waals surface area contributed by atoms with E-state index >= 15 is 0 Å². The van der Waals surface area contributed by atoms with Gasteiger partial charge in [0.15, 0.2) is 16.6 Å². The summed E-state index contributed by atoms with van der Waals surface area (Å²) in [5, 5.41) is 0.378. The van der Waals surface area contributed by atoms with E-state index in [4.69, 9.17) is 23.4 Å². The molecule has 89 heavy (non-hydrogen) atoms. The second-order valence-corrected chi connectivity index (χ2v) is 49.7. The lowest BCUT2D eigenvalue weighted by Gasteiger charge is -2.48. The lowest BCUT2D eigenvalue weighted by Crippen LogP contribution is -2.63. The molecule has 9 nitrogen and oxygen atoms in total. The van der Waals surface area contributed by atoms with Crippen LogP contribution >= 0.6 is 22.6 Å². The number of halogens is 5. The first kappa shape index (κ1) is 73.1. The summed E-state index contributed by atoms with van der Waals surface area (Å²) in [4.78, 5) is 29.4. The van der Waals surface area contributed by atoms with Gasteiger partial charge < -0.3 is 33.2 Å². The van der Waals surface area contributed by atoms with E-state index in [9.17, 15) is 27.2 Å². The molecule has 8 rings (SSSR count). The van der Waals surface area contributed by atoms with Crippen molar-refractivity contribution < 1.29 is 44.9 Å². The average Bonchev–Trinajstić information content (AvgIpc) is 0.822. The van der Waals surface area contributed by atoms with Crippen LogP contribution in [0.1, 0.15) is 142 Å². The highest BCUT2D eigenvalue weighted by molar-refractivity contribution is 14.1. The lowest BCUT2D eigenvalue weighted by molar-refractivity contribution is -0.131. The van der Waals surface area contributed by atoms with Gasteiger partial charge in [-0.25, -0.2) is 17.6 Å². The van der Waals surface area contributed by atoms with Crippen LogP contribution in [0.2, 0.25) is 72.5 Å². The van der Waals surface area contributed by atoms with Crippen molar-refractivity contribution in [3.8, 4) is 11.5 Å². The molecule has 0 saturated carbocycles. The third-order valence-corrected chi connectivity index (χ3v) is 37.7. The van der Waals surface area contributed by atoms with Gasteiger partial charge in [-0.1, -0.05) is 154 Å². The fourth-order valence-corrected chi connectivity index (χ4v) is 15.1. The van der Waals surface area contributed by atoms with E-state index in [-0.39, 0.29) is 85.4 Å². The number of carbonyl (C=O) groups is 2. The molecule has 18 heteroatoms. The SMILES string of the molecule is CC(C)(C)[Si](C)(C)O[C@@H](CI)c1ccc(F)cc1.CC(C)(C)[Si](C)(C)Oc1ccc([C@@H]2[C@@H](CC[C@H](O[Si](C)(C)C(C)(C)C)c3ccc(F)cc3)C(=O)N2c2ccc(F)cc2)cc1.CC(C)(C)[Si](C)(C)Oc1ccc([C@@H]2[C@@H](N)C(=O)N2c2ccc(F)cc2)cc1. The zero-order chi connectivity index (χ0) is 66.6. The van der Waals surface area contributed by atoms with E-state index in [0.717, 1.165) is 38.2 Å². The van der Waals surface area contributed by atoms with Crippen LogP contribution in [0.25, 0.3) is 0 Å². The number of benzene rings is 6. The van der Waals surface area contributed by atoms with Crippen LogP contribution in [0, 0.1) is 29.2 Å². The molecule has 0 aromatic heterocycles. The molecule has 484 valence electrons. The predicted molar refractivity (Wildman–Crippen MR) is 376 cm³/mol. The van der Waals surface area contributed by atoms with Gasteiger partial charge in [0, 0.05) is 15.8 Å². The van der Waals surface area contributed by atoms with Crippen LogP contribution in [0.5, 0.6) is 11.5 Å². The molecule has 0 unspecified atom stereocenters. The zero-order valence-electron chi connectivity index (χ0n) is 56.3. The lowest BCUT2D eigenvalue weighted by atomic mass is 9.78. The Morgan fingerprint density at radius 2 is 0.742 bits per heavy atom. The zero-order valence-corrected chi connectivity index (χ0v) is 62.4. The maximum absolute atomic E-state index is 13.8. The van der Waals surface area contributed by atoms with Gasteiger partial charge in [0.05, 0.1) is 30.2 Å². The van der Waals surface area contributed by atoms with Crippen molar-refractivity contribution in [2.24, 2.45) is 11.7 Å². The van der Waals surface area contributed by atoms with E-state index in [1.165, 1.54) is 48.5 Å². The molecular weight excluding hydrogens is 1310 g/mol. The highest BCUT2D eigenvalue weighted by Crippen LogP contribution is 2.49. The number of anilines is 2. The normalized spacial score (nSPS) is 18.4. The van der Waals surface area contributed by atoms with Gasteiger partial charge in [0.1, 0.15) is 40.8 Å². The first-order chi connectivity index (χ1) is 41.0. The van der Waals surface area contributed by atoms with E-state index in [1.807, 2.05) is 60.7 Å². The van der Waals surface area contributed by atoms with Crippen molar-refractivity contribution >= 4 is 79.0 Å². The third-order valence-electron chi connectivity index (χ3n) is 19.2. The fourth-order valence-electron chi connectivity index (χ4n) is 9.45. The quantitative estimate of drug-likeness (QED) is 0.0301. The van der Waals surface area contributed by atoms with Gasteiger partial charge in [-0.3, -0.25) is 9.59 Å². The number of alkyl halides is 1. The summed E-state index contributed by atoms with van der Waals surface area (Å²) in [5.41, 5.74) is 11.3. The number of carbonyl (C=O) groups excluding carboxylic acids is 2. The number of amides is 2. The molecule has 2 aliphatic rings. The fraction of sp³-hybridized carbons (Fsp3) is 0.465. The van der Waals surface area contributed by atoms with Crippen molar-refractivity contribution in [2.75, 3.05) is 14.2 Å². The van der Waals surface area contributed by atoms with Crippen LogP contribution in [0.4, 0.5) is 28.9 Å². The Morgan fingerprint density at radius 1 is 0.438 bits per heavy atom. The molecule has 2 fully saturated rings. The van der Waals surface area contributed by atoms with Gasteiger partial charge in [-0.15, -0.1) is 0 Å². The Labute approximate surface area is 547 Å². The topological polar surface area (TPSA) is 104 Å². The minimum Gasteiger partial charge on any atom is -0.544 e. The van der Waals surface area contributed by atoms with Crippen LogP contribution in [-0.2, 0) is 18.4 Å². The van der Waals surface area contributed by atoms with E-state index < -0.39 is 39.3 Å². The highest BCUT2D eigenvalue weighted by Gasteiger charge is 2.50. The van der Waals surface area contributed by atoms with E-state index in [2.05, 4.69) is 158 Å². The molecule has 2 amide bonds. The standard InChI is InChI=1S/C36H49F2NO3Si2.C21H27FN2O2Si.C14H22FIOSi/c1-35(2,3)43(7,8)41-30-21-13-26(14-22-30)33-31(34(40)39(33)29-19-17-28(38)18-20-29)23-24-32(25-11-15-27(37)16-12-25)42-44(9,10)36(4,5)6;1-21(2,3)27(4,5)26-17-12-6-14(7-13-17)19-18(23)20(25)24(19)16-10-8-15(22)9-11-16;1-14(2,3)18(4,5)17-13(10-16)11-6-8-12(15)9-7-11/h11-22,31-33H,23-24H2,1-10H3;6-13,18-19H,23H2,1-5H3;6-9,13H,10H2,1-5H3/t31-,32+,33-;18-,19-;13-/m110/s1. The first-order valence-corrected chi connectivity index (χ1v) is 44.1. The molecule has 2 saturated heterocycles. The van der Waals surface area contributed by atoms with Gasteiger partial charge in [-0.2, -0.15) is 0 Å². The number of nitrogens with zero attached hydrogens (tertiary/aromatic N) is 2. The molecule has 2 N–H and O–H groups in total. The van der Waals surface area contributed by atoms with Crippen LogP contribution in [-0.4, -0.2) is 55.6 Å². The van der Waals surface area contributed by atoms with E-state index in [1.54, 1.807) is 46.2 Å². The summed E-state index contributed by atoms with van der Waals surface area (Å²) < 4.78 is 80.7. The van der Waals surface area contributed by atoms with Crippen LogP contribution < -0.4 is 24.4 Å².